The Balaban J connectivity index is 1.95. The summed E-state index contributed by atoms with van der Waals surface area (Å²) in [6, 6.07) is 9.28. The normalized spacial score (nSPS) is 12.7. The van der Waals surface area contributed by atoms with Gasteiger partial charge in [-0.15, -0.1) is 5.10 Å². The lowest BCUT2D eigenvalue weighted by Gasteiger charge is -2.12. The molecule has 0 aliphatic heterocycles. The van der Waals surface area contributed by atoms with Crippen molar-refractivity contribution in [1.29, 1.82) is 0 Å². The van der Waals surface area contributed by atoms with Gasteiger partial charge >= 0.3 is 0 Å². The molecule has 1 atom stereocenters. The van der Waals surface area contributed by atoms with E-state index in [1.54, 1.807) is 7.05 Å². The van der Waals surface area contributed by atoms with Gasteiger partial charge in [-0.1, -0.05) is 35.5 Å². The van der Waals surface area contributed by atoms with Crippen molar-refractivity contribution in [3.63, 3.8) is 0 Å². The molecule has 0 spiro atoms. The fourth-order valence-electron chi connectivity index (χ4n) is 2.09. The Labute approximate surface area is 114 Å². The smallest absolute Gasteiger partial charge is 0.280 e. The van der Waals surface area contributed by atoms with Crippen molar-refractivity contribution in [2.24, 2.45) is 12.8 Å². The third-order valence-corrected chi connectivity index (χ3v) is 3.22. The topological polar surface area (TPSA) is 91.6 Å². The van der Waals surface area contributed by atoms with Gasteiger partial charge in [0.25, 0.3) is 5.56 Å². The van der Waals surface area contributed by atoms with Crippen LogP contribution in [0.15, 0.2) is 41.3 Å². The molecule has 3 rings (SSSR count). The number of aryl methyl sites for hydroxylation is 1. The monoisotopic (exact) mass is 270 g/mol. The zero-order valence-corrected chi connectivity index (χ0v) is 11.0. The van der Waals surface area contributed by atoms with Crippen LogP contribution in [0.1, 0.15) is 11.6 Å². The van der Waals surface area contributed by atoms with Crippen LogP contribution in [0.4, 0.5) is 0 Å². The molecule has 0 aliphatic rings. The average molecular weight is 270 g/mol. The molecule has 0 aliphatic carbocycles. The summed E-state index contributed by atoms with van der Waals surface area (Å²) in [6.07, 6.45) is 1.50. The van der Waals surface area contributed by atoms with Crippen molar-refractivity contribution < 1.29 is 0 Å². The standard InChI is InChI=1S/C13H14N6O/c1-18-12-10(7-15-18)13(20)19(17-16-12)8-11(14)9-5-3-2-4-6-9/h2-7,11H,8,14H2,1H3. The lowest BCUT2D eigenvalue weighted by atomic mass is 10.1. The molecule has 3 aromatic rings. The minimum Gasteiger partial charge on any atom is -0.322 e. The molecule has 0 bridgehead atoms. The molecule has 1 unspecified atom stereocenters. The maximum absolute atomic E-state index is 12.3. The van der Waals surface area contributed by atoms with Crippen LogP contribution < -0.4 is 11.3 Å². The van der Waals surface area contributed by atoms with Crippen LogP contribution in [0.3, 0.4) is 0 Å². The predicted molar refractivity (Wildman–Crippen MR) is 73.9 cm³/mol. The second-order valence-electron chi connectivity index (χ2n) is 4.60. The van der Waals surface area contributed by atoms with Gasteiger partial charge in [0.2, 0.25) is 0 Å². The van der Waals surface area contributed by atoms with E-state index in [0.29, 0.717) is 11.0 Å². The molecule has 2 heterocycles. The van der Waals surface area contributed by atoms with Crippen molar-refractivity contribution in [2.75, 3.05) is 0 Å². The number of nitrogens with zero attached hydrogens (tertiary/aromatic N) is 5. The molecular formula is C13H14N6O. The second kappa shape index (κ2) is 4.86. The fourth-order valence-corrected chi connectivity index (χ4v) is 2.09. The summed E-state index contributed by atoms with van der Waals surface area (Å²) in [5, 5.41) is 12.4. The Morgan fingerprint density at radius 2 is 2.05 bits per heavy atom. The van der Waals surface area contributed by atoms with Crippen molar-refractivity contribution in [1.82, 2.24) is 24.8 Å². The Morgan fingerprint density at radius 3 is 2.80 bits per heavy atom. The maximum atomic E-state index is 12.3. The molecule has 7 heteroatoms. The zero-order chi connectivity index (χ0) is 14.1. The number of hydrogen-bond donors (Lipinski definition) is 1. The fraction of sp³-hybridized carbons (Fsp3) is 0.231. The molecule has 0 radical (unpaired) electrons. The number of benzene rings is 1. The minimum absolute atomic E-state index is 0.227. The molecule has 1 aromatic carbocycles. The van der Waals surface area contributed by atoms with Crippen molar-refractivity contribution in [3.05, 3.63) is 52.4 Å². The lowest BCUT2D eigenvalue weighted by Crippen LogP contribution is -2.29. The van der Waals surface area contributed by atoms with Crippen LogP contribution in [-0.2, 0) is 13.6 Å². The van der Waals surface area contributed by atoms with Crippen LogP contribution in [0.2, 0.25) is 0 Å². The van der Waals surface area contributed by atoms with Crippen LogP contribution in [0, 0.1) is 0 Å². The van der Waals surface area contributed by atoms with Gasteiger partial charge in [-0.25, -0.2) is 9.36 Å². The van der Waals surface area contributed by atoms with Gasteiger partial charge < -0.3 is 5.73 Å². The van der Waals surface area contributed by atoms with E-state index < -0.39 is 0 Å². The van der Waals surface area contributed by atoms with E-state index >= 15 is 0 Å². The Hall–Kier alpha value is -2.54. The van der Waals surface area contributed by atoms with E-state index in [0.717, 1.165) is 5.56 Å². The lowest BCUT2D eigenvalue weighted by molar-refractivity contribution is 0.484. The molecule has 20 heavy (non-hydrogen) atoms. The van der Waals surface area contributed by atoms with E-state index in [9.17, 15) is 4.79 Å². The number of rotatable bonds is 3. The molecule has 0 amide bonds. The molecule has 102 valence electrons. The van der Waals surface area contributed by atoms with E-state index in [1.165, 1.54) is 15.6 Å². The summed E-state index contributed by atoms with van der Waals surface area (Å²) in [5.41, 5.74) is 7.29. The second-order valence-corrected chi connectivity index (χ2v) is 4.60. The molecule has 7 nitrogen and oxygen atoms in total. The minimum atomic E-state index is -0.308. The van der Waals surface area contributed by atoms with E-state index in [2.05, 4.69) is 15.4 Å². The van der Waals surface area contributed by atoms with Crippen LogP contribution in [0.5, 0.6) is 0 Å². The van der Waals surface area contributed by atoms with E-state index in [1.807, 2.05) is 30.3 Å². The van der Waals surface area contributed by atoms with Crippen LogP contribution in [0.25, 0.3) is 11.0 Å². The molecule has 0 fully saturated rings. The highest BCUT2D eigenvalue weighted by molar-refractivity contribution is 5.72. The summed E-state index contributed by atoms with van der Waals surface area (Å²) in [5.74, 6) is 0. The highest BCUT2D eigenvalue weighted by Gasteiger charge is 2.13. The Morgan fingerprint density at radius 1 is 1.30 bits per heavy atom. The highest BCUT2D eigenvalue weighted by atomic mass is 16.1. The summed E-state index contributed by atoms with van der Waals surface area (Å²) in [7, 11) is 1.72. The predicted octanol–water partition coefficient (Wildman–Crippen LogP) is 0.225. The molecule has 2 aromatic heterocycles. The van der Waals surface area contributed by atoms with Gasteiger partial charge in [0.1, 0.15) is 5.39 Å². The third kappa shape index (κ3) is 2.08. The summed E-state index contributed by atoms with van der Waals surface area (Å²) < 4.78 is 2.80. The quantitative estimate of drug-likeness (QED) is 0.735. The Kier molecular flexibility index (Phi) is 3.03. The van der Waals surface area contributed by atoms with Gasteiger partial charge in [-0.05, 0) is 5.56 Å². The van der Waals surface area contributed by atoms with E-state index in [4.69, 9.17) is 5.73 Å². The summed E-state index contributed by atoms with van der Waals surface area (Å²) in [4.78, 5) is 12.3. The first-order valence-electron chi connectivity index (χ1n) is 6.23. The zero-order valence-electron chi connectivity index (χ0n) is 11.0. The molecule has 0 saturated carbocycles. The van der Waals surface area contributed by atoms with E-state index in [-0.39, 0.29) is 18.1 Å². The van der Waals surface area contributed by atoms with Gasteiger partial charge in [-0.2, -0.15) is 5.10 Å². The number of hydrogen-bond acceptors (Lipinski definition) is 5. The highest BCUT2D eigenvalue weighted by Crippen LogP contribution is 2.11. The third-order valence-electron chi connectivity index (χ3n) is 3.22. The Bertz CT molecular complexity index is 791. The first-order chi connectivity index (χ1) is 9.66. The number of aromatic nitrogens is 5. The van der Waals surface area contributed by atoms with Crippen LogP contribution in [-0.4, -0.2) is 24.8 Å². The average Bonchev–Trinajstić information content (AvgIpc) is 2.85. The molecule has 0 saturated heterocycles. The number of nitrogens with two attached hydrogens (primary N) is 1. The first kappa shape index (κ1) is 12.5. The molecule has 2 N–H and O–H groups in total. The van der Waals surface area contributed by atoms with Gasteiger partial charge in [0.15, 0.2) is 5.65 Å². The number of fused-ring (bicyclic) bond motifs is 1. The summed E-state index contributed by atoms with van der Waals surface area (Å²) >= 11 is 0. The van der Waals surface area contributed by atoms with Crippen LogP contribution >= 0.6 is 0 Å². The maximum Gasteiger partial charge on any atom is 0.280 e. The van der Waals surface area contributed by atoms with Crippen molar-refractivity contribution in [2.45, 2.75) is 12.6 Å². The first-order valence-corrected chi connectivity index (χ1v) is 6.23. The summed E-state index contributed by atoms with van der Waals surface area (Å²) in [6.45, 7) is 0.278. The van der Waals surface area contributed by atoms with Gasteiger partial charge in [0.05, 0.1) is 12.7 Å². The van der Waals surface area contributed by atoms with Gasteiger partial charge in [0, 0.05) is 13.1 Å². The van der Waals surface area contributed by atoms with Crippen molar-refractivity contribution in [3.8, 4) is 0 Å². The van der Waals surface area contributed by atoms with Gasteiger partial charge in [-0.3, -0.25) is 4.79 Å². The SMILES string of the molecule is Cn1ncc2c(=O)n(CC(N)c3ccccc3)nnc21. The largest absolute Gasteiger partial charge is 0.322 e. The molecular weight excluding hydrogens is 256 g/mol. The van der Waals surface area contributed by atoms with Crippen molar-refractivity contribution >= 4 is 11.0 Å².